The van der Waals surface area contributed by atoms with Crippen molar-refractivity contribution in [3.8, 4) is 5.30 Å². The molecule has 0 unspecified atom stereocenters. The first-order valence-corrected chi connectivity index (χ1v) is 9.40. The first kappa shape index (κ1) is 24.6. The van der Waals surface area contributed by atoms with Gasteiger partial charge in [0.25, 0.3) is 0 Å². The Labute approximate surface area is 183 Å². The number of fused-ring (bicyclic) bond motifs is 1. The molecule has 2 aromatic carbocycles. The molecule has 0 radical (unpaired) electrons. The van der Waals surface area contributed by atoms with Gasteiger partial charge in [0.15, 0.2) is 0 Å². The molecule has 1 heterocycles. The topological polar surface area (TPSA) is 0 Å². The second kappa shape index (κ2) is 12.8. The van der Waals surface area contributed by atoms with E-state index in [4.69, 9.17) is 0 Å². The molecule has 0 N–H and O–H groups in total. The van der Waals surface area contributed by atoms with Crippen LogP contribution in [0.1, 0.15) is 26.2 Å². The molecule has 0 bridgehead atoms. The largest absolute Gasteiger partial charge is 4.00 e. The number of halogens is 2. The summed E-state index contributed by atoms with van der Waals surface area (Å²) in [7, 11) is -0.148. The first-order chi connectivity index (χ1) is 10.9. The van der Waals surface area contributed by atoms with Crippen molar-refractivity contribution in [3.05, 3.63) is 83.9 Å². The van der Waals surface area contributed by atoms with Crippen molar-refractivity contribution in [2.45, 2.75) is 26.2 Å². The molecule has 0 aliphatic heterocycles. The Hall–Kier alpha value is -0.447. The van der Waals surface area contributed by atoms with Gasteiger partial charge in [0.1, 0.15) is 0 Å². The van der Waals surface area contributed by atoms with Crippen LogP contribution in [-0.2, 0) is 26.2 Å². The maximum absolute atomic E-state index is 3.26. The summed E-state index contributed by atoms with van der Waals surface area (Å²) >= 11 is 0. The zero-order valence-electron chi connectivity index (χ0n) is 14.3. The molecule has 1 aliphatic carbocycles. The third-order valence-corrected chi connectivity index (χ3v) is 5.63. The Bertz CT molecular complexity index is 752. The molecule has 0 amide bonds. The van der Waals surface area contributed by atoms with Gasteiger partial charge in [0, 0.05) is 0 Å². The fraction of sp³-hybridized carbons (Fsp3) is 0.190. The van der Waals surface area contributed by atoms with E-state index in [9.17, 15) is 0 Å². The fourth-order valence-electron chi connectivity index (χ4n) is 2.68. The molecule has 0 saturated heterocycles. The van der Waals surface area contributed by atoms with Gasteiger partial charge in [0.2, 0.25) is 0 Å². The number of hydrogen-bond donors (Lipinski definition) is 0. The predicted molar refractivity (Wildman–Crippen MR) is 99.0 cm³/mol. The van der Waals surface area contributed by atoms with Crippen LogP contribution >= 0.6 is 7.53 Å². The van der Waals surface area contributed by atoms with Crippen molar-refractivity contribution < 1.29 is 51.0 Å². The summed E-state index contributed by atoms with van der Waals surface area (Å²) < 4.78 is 0. The quantitative estimate of drug-likeness (QED) is 0.506. The monoisotopic (exact) mass is 464 g/mol. The van der Waals surface area contributed by atoms with E-state index < -0.39 is 0 Å². The van der Waals surface area contributed by atoms with Crippen LogP contribution in [0.2, 0.25) is 0 Å². The second-order valence-corrected chi connectivity index (χ2v) is 7.42. The number of allylic oxidation sites excluding steroid dienone is 4. The molecule has 0 atom stereocenters. The molecular weight excluding hydrogens is 445 g/mol. The minimum Gasteiger partial charge on any atom is -1.00 e. The molecule has 1 aromatic heterocycles. The van der Waals surface area contributed by atoms with Gasteiger partial charge < -0.3 is 24.8 Å². The van der Waals surface area contributed by atoms with Gasteiger partial charge in [-0.15, -0.1) is 49.0 Å². The van der Waals surface area contributed by atoms with E-state index in [0.717, 1.165) is 6.42 Å². The van der Waals surface area contributed by atoms with E-state index in [1.165, 1.54) is 34.5 Å². The van der Waals surface area contributed by atoms with Gasteiger partial charge >= 0.3 is 26.2 Å². The summed E-state index contributed by atoms with van der Waals surface area (Å²) in [5.41, 5.74) is 1.40. The first-order valence-electron chi connectivity index (χ1n) is 7.92. The Morgan fingerprint density at radius 3 is 2.40 bits per heavy atom. The molecule has 0 fully saturated rings. The summed E-state index contributed by atoms with van der Waals surface area (Å²) in [6.07, 6.45) is 11.1. The van der Waals surface area contributed by atoms with Crippen LogP contribution in [0.4, 0.5) is 0 Å². The number of hydrogen-bond acceptors (Lipinski definition) is 0. The SMILES string of the molecule is CCCC1=[C-]CC=C1.[Cl-].[Cl-].[Zr+4].c1ccc2[cH-]c(-p3cccc3)cc2c1. The van der Waals surface area contributed by atoms with Crippen LogP contribution in [0.5, 0.6) is 0 Å². The van der Waals surface area contributed by atoms with Gasteiger partial charge in [-0.05, 0) is 11.6 Å². The fourth-order valence-corrected chi connectivity index (χ4v) is 4.27. The van der Waals surface area contributed by atoms with Gasteiger partial charge in [-0.2, -0.15) is 12.1 Å². The van der Waals surface area contributed by atoms with Crippen molar-refractivity contribution in [1.29, 1.82) is 0 Å². The Balaban J connectivity index is 0.000000462. The molecule has 4 rings (SSSR count). The summed E-state index contributed by atoms with van der Waals surface area (Å²) in [5.74, 6) is 4.59. The van der Waals surface area contributed by atoms with Crippen molar-refractivity contribution in [1.82, 2.24) is 0 Å². The molecule has 0 saturated carbocycles. The maximum Gasteiger partial charge on any atom is 4.00 e. The van der Waals surface area contributed by atoms with Crippen LogP contribution in [0.25, 0.3) is 16.1 Å². The number of benzene rings is 1. The number of rotatable bonds is 3. The van der Waals surface area contributed by atoms with E-state index in [1.807, 2.05) is 0 Å². The Morgan fingerprint density at radius 2 is 1.80 bits per heavy atom. The van der Waals surface area contributed by atoms with Gasteiger partial charge in [-0.1, -0.05) is 43.3 Å². The molecule has 1 aliphatic rings. The van der Waals surface area contributed by atoms with Crippen molar-refractivity contribution in [3.63, 3.8) is 0 Å². The normalized spacial score (nSPS) is 11.5. The Kier molecular flexibility index (Phi) is 12.6. The third-order valence-electron chi connectivity index (χ3n) is 3.79. The smallest absolute Gasteiger partial charge is 1.00 e. The standard InChI is InChI=1S/C13H10P.C8H11.2ClH.Zr/c1-2-6-12-10-13(9-11(12)5-1)14-7-3-4-8-14;1-2-5-8-6-3-4-7-8;;;/h1-10H;3,6H,2,4-5H2,1H3;2*1H;/q2*-1;;;+4/p-2. The predicted octanol–water partition coefficient (Wildman–Crippen LogP) is 1.02. The molecule has 25 heavy (non-hydrogen) atoms. The van der Waals surface area contributed by atoms with Crippen molar-refractivity contribution in [2.24, 2.45) is 0 Å². The van der Waals surface area contributed by atoms with Crippen LogP contribution in [0.3, 0.4) is 0 Å². The van der Waals surface area contributed by atoms with E-state index in [-0.39, 0.29) is 58.6 Å². The molecular formula is C21H21Cl2PZr. The second-order valence-electron chi connectivity index (χ2n) is 5.49. The van der Waals surface area contributed by atoms with Crippen molar-refractivity contribution in [2.75, 3.05) is 0 Å². The summed E-state index contributed by atoms with van der Waals surface area (Å²) in [4.78, 5) is 0. The molecule has 0 spiro atoms. The average molecular weight is 467 g/mol. The molecule has 128 valence electrons. The summed E-state index contributed by atoms with van der Waals surface area (Å²) in [6.45, 7) is 2.20. The molecule has 4 heteroatoms. The summed E-state index contributed by atoms with van der Waals surface area (Å²) in [5, 5.41) is 4.18. The van der Waals surface area contributed by atoms with Gasteiger partial charge in [0.05, 0.1) is 0 Å². The van der Waals surface area contributed by atoms with Gasteiger partial charge in [-0.3, -0.25) is 6.08 Å². The average Bonchev–Trinajstić information content (AvgIpc) is 3.29. The minimum atomic E-state index is -0.148. The Morgan fingerprint density at radius 1 is 1.08 bits per heavy atom. The van der Waals surface area contributed by atoms with E-state index in [2.05, 4.69) is 85.3 Å². The van der Waals surface area contributed by atoms with Crippen LogP contribution in [0, 0.1) is 6.08 Å². The van der Waals surface area contributed by atoms with Crippen molar-refractivity contribution >= 4 is 18.3 Å². The zero-order valence-corrected chi connectivity index (χ0v) is 19.1. The van der Waals surface area contributed by atoms with Crippen LogP contribution in [0.15, 0.2) is 77.9 Å². The van der Waals surface area contributed by atoms with Crippen LogP contribution < -0.4 is 24.8 Å². The summed E-state index contributed by atoms with van der Waals surface area (Å²) in [6, 6.07) is 17.4. The van der Waals surface area contributed by atoms with Crippen LogP contribution in [-0.4, -0.2) is 0 Å². The molecule has 0 nitrogen and oxygen atoms in total. The minimum absolute atomic E-state index is 0. The van der Waals surface area contributed by atoms with E-state index in [1.54, 1.807) is 0 Å². The third kappa shape index (κ3) is 6.99. The van der Waals surface area contributed by atoms with E-state index in [0.29, 0.717) is 0 Å². The zero-order chi connectivity index (χ0) is 15.2. The maximum atomic E-state index is 3.26. The van der Waals surface area contributed by atoms with E-state index >= 15 is 0 Å². The van der Waals surface area contributed by atoms with Gasteiger partial charge in [-0.25, -0.2) is 11.6 Å². The molecule has 3 aromatic rings.